The van der Waals surface area contributed by atoms with Crippen LogP contribution >= 0.6 is 0 Å². The van der Waals surface area contributed by atoms with Gasteiger partial charge in [-0.25, -0.2) is 14.6 Å². The van der Waals surface area contributed by atoms with Gasteiger partial charge in [-0.2, -0.15) is 0 Å². The van der Waals surface area contributed by atoms with E-state index < -0.39 is 0 Å². The summed E-state index contributed by atoms with van der Waals surface area (Å²) in [6.07, 6.45) is 6.35. The molecule has 2 unspecified atom stereocenters. The molecule has 0 spiro atoms. The van der Waals surface area contributed by atoms with Crippen molar-refractivity contribution in [2.75, 3.05) is 13.1 Å². The lowest BCUT2D eigenvalue weighted by atomic mass is 9.58. The van der Waals surface area contributed by atoms with Gasteiger partial charge in [0.1, 0.15) is 5.82 Å². The maximum Gasteiger partial charge on any atom is 0.231 e. The maximum atomic E-state index is 13.0. The molecule has 0 bridgehead atoms. The topological polar surface area (TPSA) is 44.2 Å². The first-order chi connectivity index (χ1) is 12.2. The molecule has 0 radical (unpaired) electrons. The van der Waals surface area contributed by atoms with E-state index in [9.17, 15) is 4.39 Å². The van der Waals surface area contributed by atoms with E-state index in [4.69, 9.17) is 10.2 Å². The van der Waals surface area contributed by atoms with Gasteiger partial charge < -0.3 is 0 Å². The number of rotatable bonds is 6. The Kier molecular flexibility index (Phi) is 8.39. The molecule has 1 heterocycles. The summed E-state index contributed by atoms with van der Waals surface area (Å²) in [6.45, 7) is 16.7. The summed E-state index contributed by atoms with van der Waals surface area (Å²) < 4.78 is 13.0. The van der Waals surface area contributed by atoms with E-state index in [1.54, 1.807) is 12.1 Å². The van der Waals surface area contributed by atoms with Gasteiger partial charge >= 0.3 is 0 Å². The van der Waals surface area contributed by atoms with E-state index in [2.05, 4.69) is 45.2 Å². The lowest BCUT2D eigenvalue weighted by Gasteiger charge is -2.47. The van der Waals surface area contributed by atoms with Crippen LogP contribution in [0.5, 0.6) is 0 Å². The fourth-order valence-electron chi connectivity index (χ4n) is 3.94. The average molecular weight is 361 g/mol. The molecular weight excluding hydrogens is 327 g/mol. The highest BCUT2D eigenvalue weighted by atomic mass is 19.1. The first kappa shape index (κ1) is 22.3. The van der Waals surface area contributed by atoms with Crippen molar-refractivity contribution in [3.05, 3.63) is 48.3 Å². The van der Waals surface area contributed by atoms with Gasteiger partial charge in [0, 0.05) is 13.1 Å². The minimum absolute atomic E-state index is 0.155. The lowest BCUT2D eigenvalue weighted by molar-refractivity contribution is 0.0287. The van der Waals surface area contributed by atoms with Gasteiger partial charge in [-0.3, -0.25) is 4.90 Å². The maximum absolute atomic E-state index is 13.0. The van der Waals surface area contributed by atoms with Crippen molar-refractivity contribution in [3.8, 4) is 0 Å². The fourth-order valence-corrected chi connectivity index (χ4v) is 3.94. The number of hydrogen-bond donors (Lipinski definition) is 1. The number of halogens is 1. The summed E-state index contributed by atoms with van der Waals surface area (Å²) in [5, 5.41) is 5.40. The van der Waals surface area contributed by atoms with E-state index in [1.165, 1.54) is 18.4 Å². The van der Waals surface area contributed by atoms with Crippen LogP contribution in [0, 0.1) is 28.0 Å². The molecule has 1 N–H and O–H groups in total. The van der Waals surface area contributed by atoms with Crippen LogP contribution in [0.25, 0.3) is 0 Å². The van der Waals surface area contributed by atoms with Crippen LogP contribution in [0.1, 0.15) is 52.5 Å². The van der Waals surface area contributed by atoms with Crippen LogP contribution in [-0.4, -0.2) is 24.1 Å². The number of likely N-dealkylation sites (tertiary alicyclic amines) is 1. The summed E-state index contributed by atoms with van der Waals surface area (Å²) in [5.41, 5.74) is 1.81. The van der Waals surface area contributed by atoms with E-state index in [0.29, 0.717) is 11.3 Å². The number of isocyanates is 1. The van der Waals surface area contributed by atoms with Gasteiger partial charge in [0.05, 0.1) is 0 Å². The van der Waals surface area contributed by atoms with Gasteiger partial charge in [0.2, 0.25) is 6.08 Å². The average Bonchev–Trinajstić information content (AvgIpc) is 3.03. The summed E-state index contributed by atoms with van der Waals surface area (Å²) in [4.78, 5) is 10.9. The molecule has 4 heteroatoms. The molecule has 1 aromatic carbocycles. The first-order valence-corrected chi connectivity index (χ1v) is 9.29. The second-order valence-electron chi connectivity index (χ2n) is 8.44. The second-order valence-corrected chi connectivity index (χ2v) is 8.44. The Bertz CT molecular complexity index is 600. The highest BCUT2D eigenvalue weighted by Crippen LogP contribution is 2.51. The third-order valence-corrected chi connectivity index (χ3v) is 6.07. The zero-order valence-electron chi connectivity index (χ0n) is 16.6. The number of nitrogens with one attached hydrogen (secondary N) is 1. The Labute approximate surface area is 157 Å². The number of nitrogens with zero attached hydrogens (tertiary/aromatic N) is 1. The summed E-state index contributed by atoms with van der Waals surface area (Å²) in [6, 6.07) is 6.94. The molecule has 0 aliphatic carbocycles. The molecule has 2 atom stereocenters. The van der Waals surface area contributed by atoms with Crippen LogP contribution in [0.15, 0.2) is 36.9 Å². The molecule has 1 aromatic rings. The molecule has 1 saturated heterocycles. The molecule has 144 valence electrons. The molecule has 0 saturated carbocycles. The van der Waals surface area contributed by atoms with Gasteiger partial charge in [0.25, 0.3) is 0 Å². The summed E-state index contributed by atoms with van der Waals surface area (Å²) in [7, 11) is 0. The molecule has 1 aliphatic heterocycles. The number of hydrogen-bond acceptors (Lipinski definition) is 3. The van der Waals surface area contributed by atoms with Crippen molar-refractivity contribution in [2.45, 2.75) is 53.5 Å². The van der Waals surface area contributed by atoms with Crippen molar-refractivity contribution in [1.82, 2.24) is 4.90 Å². The highest BCUT2D eigenvalue weighted by Gasteiger charge is 2.45. The van der Waals surface area contributed by atoms with Crippen molar-refractivity contribution in [1.29, 1.82) is 5.41 Å². The second kappa shape index (κ2) is 9.80. The zero-order chi connectivity index (χ0) is 19.8. The third-order valence-electron chi connectivity index (χ3n) is 6.07. The van der Waals surface area contributed by atoms with Crippen molar-refractivity contribution in [3.63, 3.8) is 0 Å². The molecule has 0 amide bonds. The summed E-state index contributed by atoms with van der Waals surface area (Å²) in [5.74, 6) is 0.556. The smallest absolute Gasteiger partial charge is 0.231 e. The number of allylic oxidation sites excluding steroid dienone is 1. The molecular formula is C22H33FN2O. The van der Waals surface area contributed by atoms with E-state index in [0.717, 1.165) is 32.1 Å². The molecule has 1 aliphatic rings. The van der Waals surface area contributed by atoms with E-state index >= 15 is 0 Å². The summed E-state index contributed by atoms with van der Waals surface area (Å²) >= 11 is 0. The van der Waals surface area contributed by atoms with Gasteiger partial charge in [-0.15, -0.1) is 6.58 Å². The third kappa shape index (κ3) is 5.89. The first-order valence-electron chi connectivity index (χ1n) is 9.29. The van der Waals surface area contributed by atoms with Crippen LogP contribution < -0.4 is 0 Å². The van der Waals surface area contributed by atoms with Crippen molar-refractivity contribution >= 4 is 6.08 Å². The Morgan fingerprint density at radius 2 is 1.88 bits per heavy atom. The monoisotopic (exact) mass is 360 g/mol. The zero-order valence-corrected chi connectivity index (χ0v) is 16.6. The number of carbonyl (C=O) groups excluding carboxylic acids is 1. The van der Waals surface area contributed by atoms with Gasteiger partial charge in [0.15, 0.2) is 0 Å². The van der Waals surface area contributed by atoms with Crippen LogP contribution in [0.4, 0.5) is 4.39 Å². The van der Waals surface area contributed by atoms with Crippen molar-refractivity contribution in [2.24, 2.45) is 16.7 Å². The Morgan fingerprint density at radius 3 is 2.38 bits per heavy atom. The predicted molar refractivity (Wildman–Crippen MR) is 105 cm³/mol. The molecule has 3 nitrogen and oxygen atoms in total. The van der Waals surface area contributed by atoms with E-state index in [-0.39, 0.29) is 11.2 Å². The molecule has 1 fully saturated rings. The highest BCUT2D eigenvalue weighted by molar-refractivity contribution is 5.26. The minimum Gasteiger partial charge on any atom is -0.299 e. The van der Waals surface area contributed by atoms with Crippen LogP contribution in [0.2, 0.25) is 0 Å². The number of benzene rings is 1. The molecule has 26 heavy (non-hydrogen) atoms. The fraction of sp³-hybridized carbons (Fsp3) is 0.591. The van der Waals surface area contributed by atoms with Gasteiger partial charge in [-0.05, 0) is 60.3 Å². The standard InChI is InChI=1S/C21H32FN.CHNO/c1-6-7-13-21(5,20(2,3)4)18-12-14-23(16-18)15-17-8-10-19(22)11-9-17;2-1-3/h6,8-11,18H,1,7,12-16H2,2-5H3;2H. The molecule has 2 rings (SSSR count). The Balaban J connectivity index is 0.00000105. The minimum atomic E-state index is -0.155. The van der Waals surface area contributed by atoms with E-state index in [1.807, 2.05) is 12.1 Å². The van der Waals surface area contributed by atoms with Crippen LogP contribution in [0.3, 0.4) is 0 Å². The van der Waals surface area contributed by atoms with Gasteiger partial charge in [-0.1, -0.05) is 45.9 Å². The molecule has 0 aromatic heterocycles. The van der Waals surface area contributed by atoms with Crippen molar-refractivity contribution < 1.29 is 9.18 Å². The largest absolute Gasteiger partial charge is 0.299 e. The lowest BCUT2D eigenvalue weighted by Crippen LogP contribution is -2.41. The van der Waals surface area contributed by atoms with Crippen LogP contribution in [-0.2, 0) is 11.3 Å². The Morgan fingerprint density at radius 1 is 1.31 bits per heavy atom. The predicted octanol–water partition coefficient (Wildman–Crippen LogP) is 5.57. The Hall–Kier alpha value is -1.77. The quantitative estimate of drug-likeness (QED) is 0.409. The normalized spacial score (nSPS) is 19.8. The SMILES string of the molecule is C=CCCC(C)(C1CCN(Cc2ccc(F)cc2)C1)C(C)(C)C.N=C=O.